The Kier molecular flexibility index (Phi) is 6.42. The van der Waals surface area contributed by atoms with Crippen molar-refractivity contribution in [1.82, 2.24) is 10.2 Å². The van der Waals surface area contributed by atoms with E-state index in [1.807, 2.05) is 0 Å². The summed E-state index contributed by atoms with van der Waals surface area (Å²) in [7, 11) is 0. The molecule has 1 fully saturated rings. The molecule has 1 unspecified atom stereocenters. The third-order valence-electron chi connectivity index (χ3n) is 3.14. The van der Waals surface area contributed by atoms with E-state index in [4.69, 9.17) is 5.11 Å². The molecule has 0 aromatic heterocycles. The first-order chi connectivity index (χ1) is 7.77. The highest BCUT2D eigenvalue weighted by molar-refractivity contribution is 5.76. The quantitative estimate of drug-likeness (QED) is 0.671. The standard InChI is InChI=1S/C12H24N2O2/c1-2-7-14(8-9-15)12(16)4-3-11-5-6-13-10-11/h11,13,15H,2-10H2,1H3. The predicted molar refractivity (Wildman–Crippen MR) is 64.2 cm³/mol. The fourth-order valence-electron chi connectivity index (χ4n) is 2.20. The summed E-state index contributed by atoms with van der Waals surface area (Å²) in [4.78, 5) is 13.7. The minimum absolute atomic E-state index is 0.0662. The summed E-state index contributed by atoms with van der Waals surface area (Å²) in [6, 6.07) is 0. The second kappa shape index (κ2) is 7.63. The molecule has 0 aromatic rings. The van der Waals surface area contributed by atoms with E-state index >= 15 is 0 Å². The molecule has 1 aliphatic heterocycles. The number of amides is 1. The summed E-state index contributed by atoms with van der Waals surface area (Å²) in [6.07, 6.45) is 3.77. The van der Waals surface area contributed by atoms with Gasteiger partial charge < -0.3 is 15.3 Å². The topological polar surface area (TPSA) is 52.6 Å². The van der Waals surface area contributed by atoms with Crippen molar-refractivity contribution in [3.8, 4) is 0 Å². The van der Waals surface area contributed by atoms with Gasteiger partial charge in [0.2, 0.25) is 5.91 Å². The molecule has 1 aliphatic rings. The van der Waals surface area contributed by atoms with Gasteiger partial charge in [-0.2, -0.15) is 0 Å². The average Bonchev–Trinajstić information content (AvgIpc) is 2.78. The molecular formula is C12H24N2O2. The van der Waals surface area contributed by atoms with Crippen molar-refractivity contribution >= 4 is 5.91 Å². The van der Waals surface area contributed by atoms with E-state index in [1.165, 1.54) is 6.42 Å². The van der Waals surface area contributed by atoms with Crippen molar-refractivity contribution < 1.29 is 9.90 Å². The van der Waals surface area contributed by atoms with Crippen LogP contribution in [0.3, 0.4) is 0 Å². The summed E-state index contributed by atoms with van der Waals surface area (Å²) in [5.74, 6) is 0.865. The summed E-state index contributed by atoms with van der Waals surface area (Å²) in [5.41, 5.74) is 0. The summed E-state index contributed by atoms with van der Waals surface area (Å²) < 4.78 is 0. The molecule has 0 aromatic carbocycles. The lowest BCUT2D eigenvalue weighted by Gasteiger charge is -2.21. The molecule has 1 rings (SSSR count). The first-order valence-electron chi connectivity index (χ1n) is 6.37. The molecule has 2 N–H and O–H groups in total. The van der Waals surface area contributed by atoms with Crippen LogP contribution in [-0.4, -0.2) is 48.7 Å². The molecule has 1 saturated heterocycles. The van der Waals surface area contributed by atoms with Gasteiger partial charge in [-0.15, -0.1) is 0 Å². The van der Waals surface area contributed by atoms with Crippen LogP contribution in [0.5, 0.6) is 0 Å². The molecule has 0 bridgehead atoms. The molecule has 4 nitrogen and oxygen atoms in total. The smallest absolute Gasteiger partial charge is 0.222 e. The Labute approximate surface area is 98.0 Å². The molecule has 4 heteroatoms. The number of aliphatic hydroxyl groups is 1. The summed E-state index contributed by atoms with van der Waals surface area (Å²) in [6.45, 7) is 5.52. The highest BCUT2D eigenvalue weighted by Crippen LogP contribution is 2.15. The maximum absolute atomic E-state index is 11.9. The number of nitrogens with zero attached hydrogens (tertiary/aromatic N) is 1. The van der Waals surface area contributed by atoms with E-state index in [-0.39, 0.29) is 12.5 Å². The van der Waals surface area contributed by atoms with Crippen LogP contribution in [0.15, 0.2) is 0 Å². The van der Waals surface area contributed by atoms with Gasteiger partial charge in [0.15, 0.2) is 0 Å². The number of carbonyl (C=O) groups excluding carboxylic acids is 1. The lowest BCUT2D eigenvalue weighted by Crippen LogP contribution is -2.34. The molecule has 1 amide bonds. The summed E-state index contributed by atoms with van der Waals surface area (Å²) >= 11 is 0. The van der Waals surface area contributed by atoms with Crippen LogP contribution in [0.1, 0.15) is 32.6 Å². The Bertz CT molecular complexity index is 197. The van der Waals surface area contributed by atoms with Crippen LogP contribution < -0.4 is 5.32 Å². The molecule has 0 radical (unpaired) electrons. The Hall–Kier alpha value is -0.610. The number of hydrogen-bond acceptors (Lipinski definition) is 3. The van der Waals surface area contributed by atoms with Gasteiger partial charge in [-0.05, 0) is 38.3 Å². The second-order valence-electron chi connectivity index (χ2n) is 4.50. The molecule has 16 heavy (non-hydrogen) atoms. The first-order valence-corrected chi connectivity index (χ1v) is 6.37. The minimum Gasteiger partial charge on any atom is -0.395 e. The largest absolute Gasteiger partial charge is 0.395 e. The van der Waals surface area contributed by atoms with Gasteiger partial charge in [0.05, 0.1) is 6.61 Å². The van der Waals surface area contributed by atoms with Crippen LogP contribution in [0.2, 0.25) is 0 Å². The minimum atomic E-state index is 0.0662. The van der Waals surface area contributed by atoms with E-state index < -0.39 is 0 Å². The fourth-order valence-corrected chi connectivity index (χ4v) is 2.20. The second-order valence-corrected chi connectivity index (χ2v) is 4.50. The Morgan fingerprint density at radius 2 is 2.31 bits per heavy atom. The van der Waals surface area contributed by atoms with Crippen LogP contribution in [-0.2, 0) is 4.79 Å². The zero-order valence-electron chi connectivity index (χ0n) is 10.2. The third-order valence-corrected chi connectivity index (χ3v) is 3.14. The van der Waals surface area contributed by atoms with E-state index in [0.29, 0.717) is 18.9 Å². The predicted octanol–water partition coefficient (Wildman–Crippen LogP) is 0.607. The Morgan fingerprint density at radius 3 is 2.88 bits per heavy atom. The first kappa shape index (κ1) is 13.5. The van der Waals surface area contributed by atoms with Gasteiger partial charge >= 0.3 is 0 Å². The molecule has 0 spiro atoms. The number of hydrogen-bond donors (Lipinski definition) is 2. The molecule has 0 saturated carbocycles. The van der Waals surface area contributed by atoms with E-state index in [9.17, 15) is 4.79 Å². The zero-order chi connectivity index (χ0) is 11.8. The maximum atomic E-state index is 11.9. The van der Waals surface area contributed by atoms with Gasteiger partial charge in [0.1, 0.15) is 0 Å². The van der Waals surface area contributed by atoms with Gasteiger partial charge in [0, 0.05) is 19.5 Å². The highest BCUT2D eigenvalue weighted by Gasteiger charge is 2.18. The number of nitrogens with one attached hydrogen (secondary N) is 1. The lowest BCUT2D eigenvalue weighted by atomic mass is 10.0. The van der Waals surface area contributed by atoms with Crippen LogP contribution in [0.25, 0.3) is 0 Å². The van der Waals surface area contributed by atoms with Crippen LogP contribution in [0, 0.1) is 5.92 Å². The monoisotopic (exact) mass is 228 g/mol. The van der Waals surface area contributed by atoms with Crippen molar-refractivity contribution in [3.63, 3.8) is 0 Å². The zero-order valence-corrected chi connectivity index (χ0v) is 10.2. The molecule has 0 aliphatic carbocycles. The highest BCUT2D eigenvalue weighted by atomic mass is 16.3. The van der Waals surface area contributed by atoms with Gasteiger partial charge in [-0.25, -0.2) is 0 Å². The molecule has 1 heterocycles. The Morgan fingerprint density at radius 1 is 1.50 bits per heavy atom. The Balaban J connectivity index is 2.24. The normalized spacial score (nSPS) is 20.0. The maximum Gasteiger partial charge on any atom is 0.222 e. The molecular weight excluding hydrogens is 204 g/mol. The van der Waals surface area contributed by atoms with Crippen LogP contribution in [0.4, 0.5) is 0 Å². The van der Waals surface area contributed by atoms with Crippen molar-refractivity contribution in [2.24, 2.45) is 5.92 Å². The van der Waals surface area contributed by atoms with Crippen LogP contribution >= 0.6 is 0 Å². The molecule has 1 atom stereocenters. The SMILES string of the molecule is CCCN(CCO)C(=O)CCC1CCNC1. The fraction of sp³-hybridized carbons (Fsp3) is 0.917. The van der Waals surface area contributed by atoms with E-state index in [0.717, 1.165) is 32.5 Å². The lowest BCUT2D eigenvalue weighted by molar-refractivity contribution is -0.132. The van der Waals surface area contributed by atoms with E-state index in [2.05, 4.69) is 12.2 Å². The van der Waals surface area contributed by atoms with Crippen molar-refractivity contribution in [2.75, 3.05) is 32.8 Å². The van der Waals surface area contributed by atoms with Gasteiger partial charge in [-0.3, -0.25) is 4.79 Å². The molecule has 94 valence electrons. The van der Waals surface area contributed by atoms with Crippen molar-refractivity contribution in [3.05, 3.63) is 0 Å². The van der Waals surface area contributed by atoms with Crippen molar-refractivity contribution in [2.45, 2.75) is 32.6 Å². The third kappa shape index (κ3) is 4.49. The van der Waals surface area contributed by atoms with Gasteiger partial charge in [0.25, 0.3) is 0 Å². The number of rotatable bonds is 7. The summed E-state index contributed by atoms with van der Waals surface area (Å²) in [5, 5.41) is 12.2. The van der Waals surface area contributed by atoms with E-state index in [1.54, 1.807) is 4.90 Å². The van der Waals surface area contributed by atoms with Gasteiger partial charge in [-0.1, -0.05) is 6.92 Å². The number of carbonyl (C=O) groups is 1. The average molecular weight is 228 g/mol. The van der Waals surface area contributed by atoms with Crippen molar-refractivity contribution in [1.29, 1.82) is 0 Å². The number of aliphatic hydroxyl groups excluding tert-OH is 1.